The minimum Gasteiger partial charge on any atom is -0.478 e. The molecule has 1 heterocycles. The maximum absolute atomic E-state index is 11.2. The van der Waals surface area contributed by atoms with Crippen molar-refractivity contribution < 1.29 is 15.0 Å². The van der Waals surface area contributed by atoms with E-state index in [1.165, 1.54) is 6.20 Å². The molecule has 0 aliphatic rings. The predicted octanol–water partition coefficient (Wildman–Crippen LogP) is 1.73. The van der Waals surface area contributed by atoms with Crippen LogP contribution in [-0.2, 0) is 0 Å². The van der Waals surface area contributed by atoms with Gasteiger partial charge in [-0.3, -0.25) is 4.98 Å². The van der Waals surface area contributed by atoms with E-state index < -0.39 is 5.97 Å². The fourth-order valence-corrected chi connectivity index (χ4v) is 1.79. The number of hydrogen-bond donors (Lipinski definition) is 3. The standard InChI is InChI=1S/C13H14N2O3/c16-7-3-6-14-12-9-4-1-2-5-11(9)15-8-10(12)13(17)18/h1-2,4-5,8,16H,3,6-7H2,(H,14,15)(H,17,18). The lowest BCUT2D eigenvalue weighted by Gasteiger charge is -2.11. The van der Waals surface area contributed by atoms with Crippen molar-refractivity contribution in [1.29, 1.82) is 0 Å². The lowest BCUT2D eigenvalue weighted by Crippen LogP contribution is -2.10. The number of benzene rings is 1. The zero-order valence-electron chi connectivity index (χ0n) is 9.76. The number of anilines is 1. The van der Waals surface area contributed by atoms with Gasteiger partial charge in [0.15, 0.2) is 0 Å². The summed E-state index contributed by atoms with van der Waals surface area (Å²) in [6.07, 6.45) is 1.92. The van der Waals surface area contributed by atoms with E-state index >= 15 is 0 Å². The molecule has 94 valence electrons. The summed E-state index contributed by atoms with van der Waals surface area (Å²) < 4.78 is 0. The van der Waals surface area contributed by atoms with Gasteiger partial charge in [0.05, 0.1) is 11.2 Å². The quantitative estimate of drug-likeness (QED) is 0.700. The maximum Gasteiger partial charge on any atom is 0.339 e. The molecule has 0 atom stereocenters. The second-order valence-corrected chi connectivity index (χ2v) is 3.87. The third-order valence-corrected chi connectivity index (χ3v) is 2.64. The van der Waals surface area contributed by atoms with E-state index in [9.17, 15) is 4.79 Å². The van der Waals surface area contributed by atoms with Crippen LogP contribution in [0.15, 0.2) is 30.5 Å². The van der Waals surface area contributed by atoms with Crippen molar-refractivity contribution in [3.8, 4) is 0 Å². The zero-order chi connectivity index (χ0) is 13.0. The summed E-state index contributed by atoms with van der Waals surface area (Å²) in [5.74, 6) is -1.01. The number of carboxylic acids is 1. The average Bonchev–Trinajstić information content (AvgIpc) is 2.38. The Morgan fingerprint density at radius 1 is 1.33 bits per heavy atom. The summed E-state index contributed by atoms with van der Waals surface area (Å²) in [5, 5.41) is 21.8. The number of rotatable bonds is 5. The minimum absolute atomic E-state index is 0.0679. The van der Waals surface area contributed by atoms with E-state index in [0.29, 0.717) is 18.7 Å². The van der Waals surface area contributed by atoms with E-state index in [4.69, 9.17) is 10.2 Å². The summed E-state index contributed by atoms with van der Waals surface area (Å²) in [4.78, 5) is 15.3. The minimum atomic E-state index is -1.01. The smallest absolute Gasteiger partial charge is 0.339 e. The van der Waals surface area contributed by atoms with Gasteiger partial charge in [-0.25, -0.2) is 4.79 Å². The van der Waals surface area contributed by atoms with Crippen molar-refractivity contribution in [3.63, 3.8) is 0 Å². The molecule has 0 radical (unpaired) electrons. The number of carboxylic acid groups (broad SMARTS) is 1. The van der Waals surface area contributed by atoms with Crippen LogP contribution in [0.2, 0.25) is 0 Å². The number of aliphatic hydroxyl groups excluding tert-OH is 1. The van der Waals surface area contributed by atoms with Gasteiger partial charge >= 0.3 is 5.97 Å². The maximum atomic E-state index is 11.2. The summed E-state index contributed by atoms with van der Waals surface area (Å²) >= 11 is 0. The zero-order valence-corrected chi connectivity index (χ0v) is 9.76. The molecule has 5 nitrogen and oxygen atoms in total. The Hall–Kier alpha value is -2.14. The van der Waals surface area contributed by atoms with Crippen LogP contribution in [0.4, 0.5) is 5.69 Å². The van der Waals surface area contributed by atoms with Gasteiger partial charge in [0.1, 0.15) is 5.56 Å². The molecule has 5 heteroatoms. The van der Waals surface area contributed by atoms with Gasteiger partial charge in [-0.2, -0.15) is 0 Å². The van der Waals surface area contributed by atoms with Gasteiger partial charge in [-0.15, -0.1) is 0 Å². The van der Waals surface area contributed by atoms with Crippen LogP contribution in [0.25, 0.3) is 10.9 Å². The molecule has 0 bridgehead atoms. The molecule has 0 fully saturated rings. The van der Waals surface area contributed by atoms with Gasteiger partial charge in [0.2, 0.25) is 0 Å². The van der Waals surface area contributed by atoms with Crippen LogP contribution in [0.3, 0.4) is 0 Å². The monoisotopic (exact) mass is 246 g/mol. The molecule has 18 heavy (non-hydrogen) atoms. The summed E-state index contributed by atoms with van der Waals surface area (Å²) in [7, 11) is 0. The average molecular weight is 246 g/mol. The second kappa shape index (κ2) is 5.46. The van der Waals surface area contributed by atoms with Crippen molar-refractivity contribution in [2.75, 3.05) is 18.5 Å². The van der Waals surface area contributed by atoms with Crippen LogP contribution in [-0.4, -0.2) is 34.3 Å². The Bertz CT molecular complexity index is 569. The van der Waals surface area contributed by atoms with Crippen molar-refractivity contribution >= 4 is 22.6 Å². The van der Waals surface area contributed by atoms with Crippen molar-refractivity contribution in [2.45, 2.75) is 6.42 Å². The molecule has 0 unspecified atom stereocenters. The van der Waals surface area contributed by atoms with E-state index in [-0.39, 0.29) is 12.2 Å². The molecule has 2 aromatic rings. The molecule has 0 saturated heterocycles. The van der Waals surface area contributed by atoms with E-state index in [1.807, 2.05) is 24.3 Å². The van der Waals surface area contributed by atoms with Gasteiger partial charge in [0.25, 0.3) is 0 Å². The molecule has 3 N–H and O–H groups in total. The first kappa shape index (κ1) is 12.3. The second-order valence-electron chi connectivity index (χ2n) is 3.87. The molecular weight excluding hydrogens is 232 g/mol. The fraction of sp³-hybridized carbons (Fsp3) is 0.231. The van der Waals surface area contributed by atoms with Crippen molar-refractivity contribution in [3.05, 3.63) is 36.0 Å². The van der Waals surface area contributed by atoms with E-state index in [1.54, 1.807) is 0 Å². The molecular formula is C13H14N2O3. The molecule has 1 aromatic carbocycles. The number of para-hydroxylation sites is 1. The molecule has 0 spiro atoms. The van der Waals surface area contributed by atoms with Gasteiger partial charge < -0.3 is 15.5 Å². The van der Waals surface area contributed by atoms with E-state index in [2.05, 4.69) is 10.3 Å². The first-order valence-electron chi connectivity index (χ1n) is 5.70. The molecule has 0 aliphatic heterocycles. The van der Waals surface area contributed by atoms with Crippen molar-refractivity contribution in [2.24, 2.45) is 0 Å². The number of pyridine rings is 1. The number of nitrogens with zero attached hydrogens (tertiary/aromatic N) is 1. The first-order valence-corrected chi connectivity index (χ1v) is 5.70. The molecule has 0 saturated carbocycles. The lowest BCUT2D eigenvalue weighted by atomic mass is 10.1. The first-order chi connectivity index (χ1) is 8.74. The van der Waals surface area contributed by atoms with Gasteiger partial charge in [-0.05, 0) is 12.5 Å². The van der Waals surface area contributed by atoms with E-state index in [0.717, 1.165) is 10.9 Å². The SMILES string of the molecule is O=C(O)c1cnc2ccccc2c1NCCCO. The number of fused-ring (bicyclic) bond motifs is 1. The Labute approximate surface area is 104 Å². The highest BCUT2D eigenvalue weighted by molar-refractivity contribution is 6.04. The Kier molecular flexibility index (Phi) is 3.74. The third kappa shape index (κ3) is 2.41. The molecule has 0 amide bonds. The number of hydrogen-bond acceptors (Lipinski definition) is 4. The highest BCUT2D eigenvalue weighted by atomic mass is 16.4. The molecule has 1 aromatic heterocycles. The Morgan fingerprint density at radius 2 is 2.11 bits per heavy atom. The highest BCUT2D eigenvalue weighted by Gasteiger charge is 2.13. The van der Waals surface area contributed by atoms with Gasteiger partial charge in [0, 0.05) is 24.7 Å². The topological polar surface area (TPSA) is 82.5 Å². The molecule has 2 rings (SSSR count). The number of aliphatic hydroxyl groups is 1. The summed E-state index contributed by atoms with van der Waals surface area (Å²) in [6, 6.07) is 7.36. The largest absolute Gasteiger partial charge is 0.478 e. The fourth-order valence-electron chi connectivity index (χ4n) is 1.79. The Balaban J connectivity index is 2.48. The summed E-state index contributed by atoms with van der Waals surface area (Å²) in [5.41, 5.74) is 1.45. The van der Waals surface area contributed by atoms with Crippen LogP contribution < -0.4 is 5.32 Å². The Morgan fingerprint density at radius 3 is 2.83 bits per heavy atom. The number of aromatic carboxylic acids is 1. The lowest BCUT2D eigenvalue weighted by molar-refractivity contribution is 0.0697. The van der Waals surface area contributed by atoms with Crippen molar-refractivity contribution in [1.82, 2.24) is 4.98 Å². The van der Waals surface area contributed by atoms with Crippen LogP contribution in [0, 0.1) is 0 Å². The van der Waals surface area contributed by atoms with Crippen LogP contribution in [0.1, 0.15) is 16.8 Å². The van der Waals surface area contributed by atoms with Gasteiger partial charge in [-0.1, -0.05) is 18.2 Å². The third-order valence-electron chi connectivity index (χ3n) is 2.64. The highest BCUT2D eigenvalue weighted by Crippen LogP contribution is 2.25. The summed E-state index contributed by atoms with van der Waals surface area (Å²) in [6.45, 7) is 0.587. The number of nitrogens with one attached hydrogen (secondary N) is 1. The number of aromatic nitrogens is 1. The van der Waals surface area contributed by atoms with Crippen LogP contribution >= 0.6 is 0 Å². The normalized spacial score (nSPS) is 10.5. The predicted molar refractivity (Wildman–Crippen MR) is 68.9 cm³/mol. The van der Waals surface area contributed by atoms with Crippen LogP contribution in [0.5, 0.6) is 0 Å². The molecule has 0 aliphatic carbocycles. The number of carbonyl (C=O) groups is 1.